The third kappa shape index (κ3) is 2.07. The normalized spacial score (nSPS) is 40.2. The monoisotopic (exact) mass is 280 g/mol. The van der Waals surface area contributed by atoms with Gasteiger partial charge in [0.1, 0.15) is 6.04 Å². The predicted molar refractivity (Wildman–Crippen MR) is 74.3 cm³/mol. The number of amides is 2. The van der Waals surface area contributed by atoms with Gasteiger partial charge in [-0.25, -0.2) is 9.59 Å². The van der Waals surface area contributed by atoms with Gasteiger partial charge in [0, 0.05) is 19.6 Å². The lowest BCUT2D eigenvalue weighted by atomic mass is 9.94. The Morgan fingerprint density at radius 2 is 1.70 bits per heavy atom. The van der Waals surface area contributed by atoms with Gasteiger partial charge in [0.05, 0.1) is 0 Å². The molecule has 0 bridgehead atoms. The molecule has 0 aromatic rings. The number of nitrogens with zero attached hydrogens (tertiary/aromatic N) is 2. The Hall–Kier alpha value is -1.26. The SMILES string of the molecule is CC1CN(C(=O)N2CC3CCCC3C2C(=O)O)CC1C. The Bertz CT molecular complexity index is 415. The van der Waals surface area contributed by atoms with E-state index in [-0.39, 0.29) is 11.9 Å². The van der Waals surface area contributed by atoms with Crippen molar-refractivity contribution in [1.82, 2.24) is 9.80 Å². The van der Waals surface area contributed by atoms with E-state index >= 15 is 0 Å². The van der Waals surface area contributed by atoms with Gasteiger partial charge in [0.25, 0.3) is 0 Å². The van der Waals surface area contributed by atoms with Crippen molar-refractivity contribution in [3.63, 3.8) is 0 Å². The summed E-state index contributed by atoms with van der Waals surface area (Å²) >= 11 is 0. The fourth-order valence-corrected chi connectivity index (χ4v) is 4.29. The third-order valence-corrected chi connectivity index (χ3v) is 5.65. The van der Waals surface area contributed by atoms with Crippen molar-refractivity contribution < 1.29 is 14.7 Å². The molecule has 1 saturated carbocycles. The maximum Gasteiger partial charge on any atom is 0.326 e. The highest BCUT2D eigenvalue weighted by molar-refractivity contribution is 5.84. The number of rotatable bonds is 1. The summed E-state index contributed by atoms with van der Waals surface area (Å²) in [4.78, 5) is 27.8. The van der Waals surface area contributed by atoms with Crippen molar-refractivity contribution in [2.45, 2.75) is 39.2 Å². The van der Waals surface area contributed by atoms with E-state index in [4.69, 9.17) is 0 Å². The van der Waals surface area contributed by atoms with Gasteiger partial charge >= 0.3 is 12.0 Å². The van der Waals surface area contributed by atoms with Crippen LogP contribution in [0.2, 0.25) is 0 Å². The summed E-state index contributed by atoms with van der Waals surface area (Å²) < 4.78 is 0. The molecule has 5 unspecified atom stereocenters. The number of fused-ring (bicyclic) bond motifs is 1. The summed E-state index contributed by atoms with van der Waals surface area (Å²) in [6, 6.07) is -0.649. The molecule has 0 aromatic carbocycles. The van der Waals surface area contributed by atoms with Gasteiger partial charge < -0.3 is 14.9 Å². The van der Waals surface area contributed by atoms with Crippen LogP contribution in [-0.4, -0.2) is 52.6 Å². The molecule has 20 heavy (non-hydrogen) atoms. The van der Waals surface area contributed by atoms with Gasteiger partial charge in [-0.1, -0.05) is 20.3 Å². The van der Waals surface area contributed by atoms with Crippen LogP contribution < -0.4 is 0 Å². The van der Waals surface area contributed by atoms with Gasteiger partial charge in [0.15, 0.2) is 0 Å². The number of carbonyl (C=O) groups is 2. The zero-order valence-corrected chi connectivity index (χ0v) is 12.3. The molecule has 2 amide bonds. The van der Waals surface area contributed by atoms with Gasteiger partial charge in [0.2, 0.25) is 0 Å². The number of carboxylic acids is 1. The van der Waals surface area contributed by atoms with Gasteiger partial charge in [-0.15, -0.1) is 0 Å². The standard InChI is InChI=1S/C15H24N2O3/c1-9-6-16(7-10(9)2)15(20)17-8-11-4-3-5-12(11)13(17)14(18)19/h9-13H,3-8H2,1-2H3,(H,18,19). The van der Waals surface area contributed by atoms with Gasteiger partial charge in [-0.05, 0) is 36.5 Å². The van der Waals surface area contributed by atoms with Crippen molar-refractivity contribution in [3.8, 4) is 0 Å². The molecule has 2 aliphatic heterocycles. The van der Waals surface area contributed by atoms with Crippen LogP contribution >= 0.6 is 0 Å². The topological polar surface area (TPSA) is 60.9 Å². The lowest BCUT2D eigenvalue weighted by molar-refractivity contribution is -0.142. The number of aliphatic carboxylic acids is 1. The van der Waals surface area contributed by atoms with Crippen LogP contribution in [0.15, 0.2) is 0 Å². The summed E-state index contributed by atoms with van der Waals surface area (Å²) in [5.41, 5.74) is 0. The molecule has 2 heterocycles. The van der Waals surface area contributed by atoms with Crippen LogP contribution in [0.25, 0.3) is 0 Å². The highest BCUT2D eigenvalue weighted by Gasteiger charge is 2.50. The Kier molecular flexibility index (Phi) is 3.38. The van der Waals surface area contributed by atoms with E-state index in [2.05, 4.69) is 13.8 Å². The number of hydrogen-bond acceptors (Lipinski definition) is 2. The molecule has 3 aliphatic rings. The second kappa shape index (κ2) is 4.93. The first-order chi connectivity index (χ1) is 9.49. The molecule has 2 saturated heterocycles. The average molecular weight is 280 g/mol. The Morgan fingerprint density at radius 1 is 1.05 bits per heavy atom. The van der Waals surface area contributed by atoms with Crippen LogP contribution in [0.1, 0.15) is 33.1 Å². The third-order valence-electron chi connectivity index (χ3n) is 5.65. The van der Waals surface area contributed by atoms with Gasteiger partial charge in [-0.3, -0.25) is 0 Å². The van der Waals surface area contributed by atoms with Crippen LogP contribution in [0, 0.1) is 23.7 Å². The largest absolute Gasteiger partial charge is 0.480 e. The minimum absolute atomic E-state index is 0.0528. The molecule has 1 aliphatic carbocycles. The molecular weight excluding hydrogens is 256 g/mol. The molecule has 5 nitrogen and oxygen atoms in total. The van der Waals surface area contributed by atoms with Crippen LogP contribution in [0.5, 0.6) is 0 Å². The van der Waals surface area contributed by atoms with E-state index in [0.717, 1.165) is 32.4 Å². The minimum atomic E-state index is -0.826. The van der Waals surface area contributed by atoms with Crippen molar-refractivity contribution in [3.05, 3.63) is 0 Å². The van der Waals surface area contributed by atoms with E-state index in [9.17, 15) is 14.7 Å². The summed E-state index contributed by atoms with van der Waals surface area (Å²) in [5.74, 6) is 0.758. The van der Waals surface area contributed by atoms with Crippen molar-refractivity contribution in [1.29, 1.82) is 0 Å². The second-order valence-corrected chi connectivity index (χ2v) is 6.93. The van der Waals surface area contributed by atoms with Crippen LogP contribution in [0.3, 0.4) is 0 Å². The molecule has 3 rings (SSSR count). The number of hydrogen-bond donors (Lipinski definition) is 1. The molecule has 5 atom stereocenters. The van der Waals surface area contributed by atoms with E-state index in [1.807, 2.05) is 4.90 Å². The minimum Gasteiger partial charge on any atom is -0.480 e. The summed E-state index contributed by atoms with van der Waals surface area (Å²) in [6.07, 6.45) is 3.14. The fraction of sp³-hybridized carbons (Fsp3) is 0.867. The number of carbonyl (C=O) groups excluding carboxylic acids is 1. The molecule has 0 aromatic heterocycles. The smallest absolute Gasteiger partial charge is 0.326 e. The van der Waals surface area contributed by atoms with Gasteiger partial charge in [-0.2, -0.15) is 0 Å². The second-order valence-electron chi connectivity index (χ2n) is 6.93. The van der Waals surface area contributed by atoms with E-state index in [0.29, 0.717) is 24.3 Å². The first-order valence-electron chi connectivity index (χ1n) is 7.77. The molecule has 112 valence electrons. The van der Waals surface area contributed by atoms with E-state index < -0.39 is 12.0 Å². The fourth-order valence-electron chi connectivity index (χ4n) is 4.29. The predicted octanol–water partition coefficient (Wildman–Crippen LogP) is 1.88. The molecule has 0 spiro atoms. The van der Waals surface area contributed by atoms with E-state index in [1.165, 1.54) is 0 Å². The highest BCUT2D eigenvalue weighted by atomic mass is 16.4. The molecule has 3 fully saturated rings. The maximum atomic E-state index is 12.7. The zero-order valence-electron chi connectivity index (χ0n) is 12.3. The Morgan fingerprint density at radius 3 is 2.30 bits per heavy atom. The summed E-state index contributed by atoms with van der Waals surface area (Å²) in [6.45, 7) is 6.48. The Labute approximate surface area is 119 Å². The molecular formula is C15H24N2O3. The van der Waals surface area contributed by atoms with Crippen molar-refractivity contribution >= 4 is 12.0 Å². The van der Waals surface area contributed by atoms with Crippen LogP contribution in [0.4, 0.5) is 4.79 Å². The number of likely N-dealkylation sites (tertiary alicyclic amines) is 2. The maximum absolute atomic E-state index is 12.7. The highest BCUT2D eigenvalue weighted by Crippen LogP contribution is 2.43. The molecule has 1 N–H and O–H groups in total. The average Bonchev–Trinajstić information content (AvgIpc) is 3.02. The first-order valence-corrected chi connectivity index (χ1v) is 7.77. The van der Waals surface area contributed by atoms with Crippen molar-refractivity contribution in [2.24, 2.45) is 23.7 Å². The number of carboxylic acid groups (broad SMARTS) is 1. The number of urea groups is 1. The lowest BCUT2D eigenvalue weighted by Gasteiger charge is -2.29. The van der Waals surface area contributed by atoms with Crippen LogP contribution in [-0.2, 0) is 4.79 Å². The zero-order chi connectivity index (χ0) is 14.4. The van der Waals surface area contributed by atoms with E-state index in [1.54, 1.807) is 4.90 Å². The van der Waals surface area contributed by atoms with Crippen molar-refractivity contribution in [2.75, 3.05) is 19.6 Å². The molecule has 0 radical (unpaired) electrons. The Balaban J connectivity index is 1.76. The lowest BCUT2D eigenvalue weighted by Crippen LogP contribution is -2.49. The quantitative estimate of drug-likeness (QED) is 0.797. The first kappa shape index (κ1) is 13.7. The summed E-state index contributed by atoms with van der Waals surface area (Å²) in [7, 11) is 0. The molecule has 5 heteroatoms. The summed E-state index contributed by atoms with van der Waals surface area (Å²) in [5, 5.41) is 9.51.